The Morgan fingerprint density at radius 1 is 0.461 bits per heavy atom. The van der Waals surface area contributed by atoms with E-state index in [2.05, 4.69) is 69.5 Å². The number of ether oxygens (including phenoxy) is 4. The van der Waals surface area contributed by atoms with Gasteiger partial charge in [0.15, 0.2) is 5.54 Å². The lowest BCUT2D eigenvalue weighted by atomic mass is 9.71. The van der Waals surface area contributed by atoms with Crippen LogP contribution in [0.4, 0.5) is 71.9 Å². The molecule has 6 saturated carbocycles. The van der Waals surface area contributed by atoms with Gasteiger partial charge in [-0.3, -0.25) is 0 Å². The van der Waals surface area contributed by atoms with E-state index in [9.17, 15) is 76.7 Å². The molecule has 6 fully saturated rings. The lowest BCUT2D eigenvalue weighted by Crippen LogP contribution is -3.00. The molecule has 23 nitrogen and oxygen atoms in total. The third-order valence-electron chi connectivity index (χ3n) is 16.3. The third-order valence-corrected chi connectivity index (χ3v) is 16.3. The number of benzene rings is 4. The maximum Gasteiger partial charge on any atom is 0.408 e. The molecule has 12 rings (SSSR count). The summed E-state index contributed by atoms with van der Waals surface area (Å²) in [6, 6.07) is 36.1. The minimum atomic E-state index is -2.90. The highest BCUT2D eigenvalue weighted by Crippen LogP contribution is 2.52. The zero-order chi connectivity index (χ0) is 73.4. The Balaban J connectivity index is 0.000000223. The molecule has 37 heteroatoms. The highest BCUT2D eigenvalue weighted by Gasteiger charge is 2.63. The number of aldehydes is 1. The van der Waals surface area contributed by atoms with E-state index in [0.717, 1.165) is 22.3 Å². The smallest absolute Gasteiger partial charge is 0.408 e. The molecule has 2 aromatic heterocycles. The number of aliphatic hydroxyl groups is 2. The predicted octanol–water partition coefficient (Wildman–Crippen LogP) is 2.49. The van der Waals surface area contributed by atoms with Gasteiger partial charge in [-0.25, -0.2) is 71.9 Å². The Bertz CT molecular complexity index is 3650. The van der Waals surface area contributed by atoms with E-state index in [1.807, 2.05) is 48.5 Å². The molecule has 6 aromatic rings. The lowest BCUT2D eigenvalue weighted by molar-refractivity contribution is -0.535. The Labute approximate surface area is 587 Å². The summed E-state index contributed by atoms with van der Waals surface area (Å²) in [4.78, 5) is 57.2. The molecule has 14 N–H and O–H groups in total. The first-order chi connectivity index (χ1) is 46.8. The van der Waals surface area contributed by atoms with Crippen molar-refractivity contribution in [3.63, 3.8) is 0 Å². The number of halogens is 14. The standard InChI is InChI=1S/C14H14F2N4O2.C14H13F2NO2.C13H15F2NO3.C13H13F2NO3.C6H8F2N4.C5H9F2NO.2ClH/c15-14(16)8-13(9-14,11-6-17-20-19-11)18-12(21)22-7-10-4-2-1-3-5-10;1-2-13(9-14(15,16)10-13)17-12(18)19-8-11-6-4-3-5-7-11;2*14-13(15)7-12(8-13,9-17)16-11(18)19-6-10-4-2-1-3-5-10;7-6(8)2-5(9,3-6)4-1-10-12-11-4;6-5(7)1-4(8,2-5)3-9;;/h1-6H,7-9H2,(H,18,21)(H,17,19,20);1,3-7H,8-10H2,(H,17,18);1-5,17H,6-9H2,(H,16,18);1-5,9H,6-8H2,(H,16,18);1H,2-3,9H2,(H,10,11,12);9H,1-3,8H2;2*1H. The first kappa shape index (κ1) is 83.7. The number of H-pyrrole nitrogens is 2. The molecule has 6 aliphatic rings. The maximum atomic E-state index is 13.3. The largest absolute Gasteiger partial charge is 1.00 e. The van der Waals surface area contributed by atoms with Crippen molar-refractivity contribution in [1.82, 2.24) is 52.1 Å². The molecule has 0 unspecified atom stereocenters. The van der Waals surface area contributed by atoms with E-state index in [4.69, 9.17) is 35.6 Å². The summed E-state index contributed by atoms with van der Waals surface area (Å²) in [7, 11) is 0. The van der Waals surface area contributed by atoms with E-state index < -0.39 is 151 Å². The van der Waals surface area contributed by atoms with Crippen LogP contribution in [0.25, 0.3) is 0 Å². The second-order valence-corrected chi connectivity index (χ2v) is 25.7. The van der Waals surface area contributed by atoms with Gasteiger partial charge in [-0.2, -0.15) is 30.8 Å². The van der Waals surface area contributed by atoms with Crippen molar-refractivity contribution in [2.45, 2.75) is 172 Å². The van der Waals surface area contributed by atoms with Crippen molar-refractivity contribution in [2.75, 3.05) is 13.2 Å². The predicted molar refractivity (Wildman–Crippen MR) is 326 cm³/mol. The zero-order valence-electron chi connectivity index (χ0n) is 54.1. The van der Waals surface area contributed by atoms with Crippen molar-refractivity contribution >= 4 is 30.7 Å². The Kier molecular flexibility index (Phi) is 28.2. The number of carbonyl (C=O) groups excluding carboxylic acids is 5. The summed E-state index contributed by atoms with van der Waals surface area (Å²) in [5.74, 6) is -14.3. The summed E-state index contributed by atoms with van der Waals surface area (Å²) in [5.41, 5.74) is 4.44. The third kappa shape index (κ3) is 24.7. The van der Waals surface area contributed by atoms with Crippen LogP contribution in [-0.2, 0) is 61.2 Å². The number of amides is 4. The van der Waals surface area contributed by atoms with Gasteiger partial charge in [0.25, 0.3) is 35.5 Å². The number of hydrogen-bond donors (Lipinski definition) is 10. The second kappa shape index (κ2) is 34.3. The summed E-state index contributed by atoms with van der Waals surface area (Å²) in [6.45, 7) is -0.532. The molecule has 102 heavy (non-hydrogen) atoms. The van der Waals surface area contributed by atoms with Crippen LogP contribution in [0.3, 0.4) is 0 Å². The van der Waals surface area contributed by atoms with Crippen molar-refractivity contribution in [3.8, 4) is 12.3 Å². The first-order valence-corrected chi connectivity index (χ1v) is 30.6. The maximum absolute atomic E-state index is 13.3. The molecule has 558 valence electrons. The van der Waals surface area contributed by atoms with Gasteiger partial charge in [0, 0.05) is 51.4 Å². The molecule has 0 bridgehead atoms. The van der Waals surface area contributed by atoms with Gasteiger partial charge in [-0.05, 0) is 22.3 Å². The van der Waals surface area contributed by atoms with E-state index >= 15 is 0 Å². The van der Waals surface area contributed by atoms with Crippen LogP contribution in [0.1, 0.15) is 111 Å². The van der Waals surface area contributed by atoms with Crippen molar-refractivity contribution in [2.24, 2.45) is 0 Å². The summed E-state index contributed by atoms with van der Waals surface area (Å²) >= 11 is 0. The van der Waals surface area contributed by atoms with Gasteiger partial charge in [0.2, 0.25) is 0 Å². The molecule has 0 radical (unpaired) electrons. The number of aromatic amines is 2. The molecule has 0 saturated heterocycles. The molecular formula is C65H74Cl2F12N12O11. The van der Waals surface area contributed by atoms with Crippen molar-refractivity contribution in [3.05, 3.63) is 167 Å². The van der Waals surface area contributed by atoms with E-state index in [1.54, 1.807) is 72.8 Å². The number of terminal acetylenes is 1. The summed E-state index contributed by atoms with van der Waals surface area (Å²) in [5, 5.41) is 46.4. The van der Waals surface area contributed by atoms with Crippen LogP contribution in [0.2, 0.25) is 0 Å². The highest BCUT2D eigenvalue weighted by atomic mass is 35.5. The Morgan fingerprint density at radius 2 is 0.794 bits per heavy atom. The van der Waals surface area contributed by atoms with Crippen LogP contribution < -0.4 is 57.5 Å². The van der Waals surface area contributed by atoms with Gasteiger partial charge >= 0.3 is 24.4 Å². The average Bonchev–Trinajstić information content (AvgIpc) is 1.39. The fourth-order valence-electron chi connectivity index (χ4n) is 11.5. The number of nitrogens with zero attached hydrogens (tertiary/aromatic N) is 4. The lowest BCUT2D eigenvalue weighted by Gasteiger charge is -2.45. The number of nitrogens with one attached hydrogen (secondary N) is 6. The Morgan fingerprint density at radius 3 is 1.09 bits per heavy atom. The normalized spacial score (nSPS) is 20.1. The van der Waals surface area contributed by atoms with Crippen molar-refractivity contribution in [1.29, 1.82) is 0 Å². The molecule has 4 amide bonds. The van der Waals surface area contributed by atoms with Crippen molar-refractivity contribution < 1.29 is 142 Å². The van der Waals surface area contributed by atoms with Gasteiger partial charge in [-0.1, -0.05) is 127 Å². The van der Waals surface area contributed by atoms with Gasteiger partial charge in [0.1, 0.15) is 66.3 Å². The van der Waals surface area contributed by atoms with Crippen LogP contribution in [0, 0.1) is 12.3 Å². The van der Waals surface area contributed by atoms with E-state index in [1.165, 1.54) is 12.4 Å². The van der Waals surface area contributed by atoms with E-state index in [0.29, 0.717) is 12.0 Å². The first-order valence-electron chi connectivity index (χ1n) is 30.6. The minimum Gasteiger partial charge on any atom is -1.00 e. The summed E-state index contributed by atoms with van der Waals surface area (Å²) < 4.78 is 172. The highest BCUT2D eigenvalue weighted by molar-refractivity contribution is 5.78. The molecule has 0 spiro atoms. The molecular weight excluding hydrogens is 1420 g/mol. The fourth-order valence-corrected chi connectivity index (χ4v) is 11.5. The fraction of sp³-hybridized carbons (Fsp3) is 0.462. The number of hydrogen-bond acceptors (Lipinski definition) is 15. The topological polar surface area (TPSA) is 349 Å². The van der Waals surface area contributed by atoms with Gasteiger partial charge < -0.3 is 91.5 Å². The second-order valence-electron chi connectivity index (χ2n) is 25.7. The minimum absolute atomic E-state index is 0. The number of aromatic nitrogens is 6. The average molecular weight is 1500 g/mol. The molecule has 0 aliphatic heterocycles. The van der Waals surface area contributed by atoms with Gasteiger partial charge in [0.05, 0.1) is 56.8 Å². The van der Waals surface area contributed by atoms with Crippen LogP contribution in [0.5, 0.6) is 0 Å². The monoisotopic (exact) mass is 1500 g/mol. The quantitative estimate of drug-likeness (QED) is 0.0272. The molecule has 0 atom stereocenters. The number of alkyl halides is 12. The number of aliphatic hydroxyl groups excluding tert-OH is 2. The van der Waals surface area contributed by atoms with E-state index in [-0.39, 0.29) is 89.2 Å². The zero-order valence-corrected chi connectivity index (χ0v) is 55.7. The van der Waals surface area contributed by atoms with Crippen LogP contribution in [0.15, 0.2) is 134 Å². The summed E-state index contributed by atoms with van der Waals surface area (Å²) in [6.07, 6.45) is -0.498. The molecule has 6 aliphatic carbocycles. The Hall–Kier alpha value is -8.95. The molecule has 2 heterocycles. The number of quaternary nitrogens is 2. The van der Waals surface area contributed by atoms with Crippen LogP contribution in [-0.4, -0.2) is 143 Å². The number of rotatable bonds is 17. The van der Waals surface area contributed by atoms with Crippen LogP contribution >= 0.6 is 0 Å². The number of carbonyl (C=O) groups is 5. The number of alkyl carbamates (subject to hydrolysis) is 4. The SMILES string of the molecule is C#CC1(NC(=O)OCc2ccccc2)CC(F)(F)C1.O=C(NC1(CO)CC(F)(F)C1)OCc1ccccc1.O=C(NC1(c2cn[nH]n2)CC(F)(F)C1)OCc1ccccc1.O=CC1(NC(=O)OCc2ccccc2)CC(F)(F)C1.[Cl-].[Cl-].[NH3+]C1(CO)CC(F)(F)C1.[NH3+]C1(c2cn[nH]n2)CC(F)(F)C1. The molecule has 4 aromatic carbocycles. The van der Waals surface area contributed by atoms with Gasteiger partial charge in [-0.15, -0.1) is 6.42 Å².